The Hall–Kier alpha value is -1.52. The lowest BCUT2D eigenvalue weighted by molar-refractivity contribution is 0.102. The maximum Gasteiger partial charge on any atom is 0.259 e. The Balaban J connectivity index is 2.25. The van der Waals surface area contributed by atoms with Gasteiger partial charge in [-0.05, 0) is 48.9 Å². The van der Waals surface area contributed by atoms with Crippen LogP contribution in [0.2, 0.25) is 5.02 Å². The zero-order valence-corrected chi connectivity index (χ0v) is 12.4. The number of carbonyl (C=O) groups is 1. The van der Waals surface area contributed by atoms with Gasteiger partial charge in [-0.15, -0.1) is 0 Å². The van der Waals surface area contributed by atoms with Crippen molar-refractivity contribution in [3.63, 3.8) is 0 Å². The summed E-state index contributed by atoms with van der Waals surface area (Å²) in [5, 5.41) is 12.8. The molecule has 0 saturated carbocycles. The average Bonchev–Trinajstić information content (AvgIpc) is 2.26. The molecule has 2 aromatic carbocycles. The minimum atomic E-state index is -0.383. The third-order valence-electron chi connectivity index (χ3n) is 2.50. The van der Waals surface area contributed by atoms with Crippen LogP contribution < -0.4 is 5.32 Å². The predicted octanol–water partition coefficient (Wildman–Crippen LogP) is 4.37. The molecular formula is C14H11BrClNO2. The molecule has 0 aliphatic heterocycles. The molecule has 0 aliphatic carbocycles. The van der Waals surface area contributed by atoms with E-state index in [2.05, 4.69) is 21.2 Å². The van der Waals surface area contributed by atoms with Gasteiger partial charge in [-0.3, -0.25) is 4.79 Å². The van der Waals surface area contributed by atoms with E-state index in [0.717, 1.165) is 10.0 Å². The SMILES string of the molecule is Cc1cc(Br)cc(NC(=O)c2ccc(Cl)cc2O)c1. The van der Waals surface area contributed by atoms with Gasteiger partial charge in [-0.1, -0.05) is 27.5 Å². The van der Waals surface area contributed by atoms with Crippen molar-refractivity contribution in [3.05, 3.63) is 57.0 Å². The van der Waals surface area contributed by atoms with Crippen molar-refractivity contribution in [2.45, 2.75) is 6.92 Å². The van der Waals surface area contributed by atoms with Crippen molar-refractivity contribution in [3.8, 4) is 5.75 Å². The fourth-order valence-electron chi connectivity index (χ4n) is 1.70. The minimum absolute atomic E-state index is 0.142. The fraction of sp³-hybridized carbons (Fsp3) is 0.0714. The van der Waals surface area contributed by atoms with Crippen LogP contribution in [0, 0.1) is 6.92 Å². The first kappa shape index (κ1) is 13.9. The summed E-state index contributed by atoms with van der Waals surface area (Å²) in [6.45, 7) is 1.93. The van der Waals surface area contributed by atoms with E-state index < -0.39 is 0 Å². The second-order valence-electron chi connectivity index (χ2n) is 4.13. The summed E-state index contributed by atoms with van der Waals surface area (Å²) in [6.07, 6.45) is 0. The summed E-state index contributed by atoms with van der Waals surface area (Å²) >= 11 is 9.09. The fourth-order valence-corrected chi connectivity index (χ4v) is 2.48. The van der Waals surface area contributed by atoms with Crippen molar-refractivity contribution in [1.29, 1.82) is 0 Å². The molecule has 0 saturated heterocycles. The van der Waals surface area contributed by atoms with E-state index in [1.54, 1.807) is 12.1 Å². The number of halogens is 2. The molecule has 98 valence electrons. The molecule has 1 amide bonds. The molecule has 2 N–H and O–H groups in total. The molecule has 0 bridgehead atoms. The zero-order valence-electron chi connectivity index (χ0n) is 10.1. The van der Waals surface area contributed by atoms with Crippen molar-refractivity contribution < 1.29 is 9.90 Å². The maximum absolute atomic E-state index is 12.0. The number of amides is 1. The quantitative estimate of drug-likeness (QED) is 0.853. The van der Waals surface area contributed by atoms with Gasteiger partial charge in [0, 0.05) is 15.2 Å². The first-order chi connectivity index (χ1) is 8.95. The zero-order chi connectivity index (χ0) is 14.0. The van der Waals surface area contributed by atoms with E-state index in [0.29, 0.717) is 10.7 Å². The van der Waals surface area contributed by atoms with E-state index >= 15 is 0 Å². The van der Waals surface area contributed by atoms with Crippen LogP contribution in [0.15, 0.2) is 40.9 Å². The van der Waals surface area contributed by atoms with E-state index in [1.165, 1.54) is 12.1 Å². The molecule has 3 nitrogen and oxygen atoms in total. The summed E-state index contributed by atoms with van der Waals surface area (Å²) < 4.78 is 0.878. The Kier molecular flexibility index (Phi) is 4.12. The van der Waals surface area contributed by atoms with Crippen LogP contribution in [-0.4, -0.2) is 11.0 Å². The topological polar surface area (TPSA) is 49.3 Å². The maximum atomic E-state index is 12.0. The Morgan fingerprint density at radius 1 is 1.26 bits per heavy atom. The molecule has 19 heavy (non-hydrogen) atoms. The van der Waals surface area contributed by atoms with E-state index in [-0.39, 0.29) is 17.2 Å². The summed E-state index contributed by atoms with van der Waals surface area (Å²) in [5.74, 6) is -0.525. The Labute approximate surface area is 124 Å². The number of phenolic OH excluding ortho intramolecular Hbond substituents is 1. The van der Waals surface area contributed by atoms with Crippen molar-refractivity contribution in [1.82, 2.24) is 0 Å². The highest BCUT2D eigenvalue weighted by Crippen LogP contribution is 2.24. The number of aromatic hydroxyl groups is 1. The van der Waals surface area contributed by atoms with Crippen molar-refractivity contribution >= 4 is 39.1 Å². The Morgan fingerprint density at radius 3 is 2.63 bits per heavy atom. The van der Waals surface area contributed by atoms with Gasteiger partial charge < -0.3 is 10.4 Å². The summed E-state index contributed by atoms with van der Waals surface area (Å²) in [6, 6.07) is 9.95. The van der Waals surface area contributed by atoms with Crippen LogP contribution in [0.25, 0.3) is 0 Å². The highest BCUT2D eigenvalue weighted by molar-refractivity contribution is 9.10. The number of hydrogen-bond acceptors (Lipinski definition) is 2. The number of anilines is 1. The lowest BCUT2D eigenvalue weighted by Gasteiger charge is -2.08. The van der Waals surface area contributed by atoms with Gasteiger partial charge in [-0.2, -0.15) is 0 Å². The normalized spacial score (nSPS) is 10.3. The summed E-state index contributed by atoms with van der Waals surface area (Å²) in [4.78, 5) is 12.0. The van der Waals surface area contributed by atoms with Crippen LogP contribution in [0.1, 0.15) is 15.9 Å². The highest BCUT2D eigenvalue weighted by Gasteiger charge is 2.12. The van der Waals surface area contributed by atoms with Crippen LogP contribution in [0.5, 0.6) is 5.75 Å². The number of phenols is 1. The third kappa shape index (κ3) is 3.49. The van der Waals surface area contributed by atoms with E-state index in [9.17, 15) is 9.90 Å². The molecule has 0 heterocycles. The van der Waals surface area contributed by atoms with E-state index in [1.807, 2.05) is 19.1 Å². The van der Waals surface area contributed by atoms with Gasteiger partial charge in [0.15, 0.2) is 0 Å². The number of benzene rings is 2. The lowest BCUT2D eigenvalue weighted by Crippen LogP contribution is -2.12. The first-order valence-corrected chi connectivity index (χ1v) is 6.70. The smallest absolute Gasteiger partial charge is 0.259 e. The first-order valence-electron chi connectivity index (χ1n) is 5.53. The van der Waals surface area contributed by atoms with Crippen LogP contribution in [0.4, 0.5) is 5.69 Å². The van der Waals surface area contributed by atoms with Crippen LogP contribution >= 0.6 is 27.5 Å². The average molecular weight is 341 g/mol. The largest absolute Gasteiger partial charge is 0.507 e. The van der Waals surface area contributed by atoms with Gasteiger partial charge in [-0.25, -0.2) is 0 Å². The number of nitrogens with one attached hydrogen (secondary N) is 1. The Bertz CT molecular complexity index is 623. The van der Waals surface area contributed by atoms with E-state index in [4.69, 9.17) is 11.6 Å². The summed E-state index contributed by atoms with van der Waals surface area (Å²) in [5.41, 5.74) is 1.86. The molecule has 2 rings (SSSR count). The standard InChI is InChI=1S/C14H11BrClNO2/c1-8-4-9(15)6-11(5-8)17-14(19)12-3-2-10(16)7-13(12)18/h2-7,18H,1H3,(H,17,19). The van der Waals surface area contributed by atoms with Gasteiger partial charge in [0.2, 0.25) is 0 Å². The van der Waals surface area contributed by atoms with Crippen molar-refractivity contribution in [2.24, 2.45) is 0 Å². The second-order valence-corrected chi connectivity index (χ2v) is 5.48. The second kappa shape index (κ2) is 5.63. The summed E-state index contributed by atoms with van der Waals surface area (Å²) in [7, 11) is 0. The molecule has 0 aromatic heterocycles. The molecule has 5 heteroatoms. The highest BCUT2D eigenvalue weighted by atomic mass is 79.9. The minimum Gasteiger partial charge on any atom is -0.507 e. The molecule has 0 unspecified atom stereocenters. The molecule has 0 atom stereocenters. The van der Waals surface area contributed by atoms with Crippen molar-refractivity contribution in [2.75, 3.05) is 5.32 Å². The van der Waals surface area contributed by atoms with Gasteiger partial charge in [0.25, 0.3) is 5.91 Å². The van der Waals surface area contributed by atoms with Gasteiger partial charge >= 0.3 is 0 Å². The predicted molar refractivity (Wildman–Crippen MR) is 79.9 cm³/mol. The van der Waals surface area contributed by atoms with Gasteiger partial charge in [0.1, 0.15) is 5.75 Å². The molecule has 0 aliphatic rings. The van der Waals surface area contributed by atoms with Crippen LogP contribution in [0.3, 0.4) is 0 Å². The lowest BCUT2D eigenvalue weighted by atomic mass is 10.1. The monoisotopic (exact) mass is 339 g/mol. The number of rotatable bonds is 2. The number of carbonyl (C=O) groups excluding carboxylic acids is 1. The molecule has 0 fully saturated rings. The molecule has 0 spiro atoms. The molecular weight excluding hydrogens is 330 g/mol. The number of aryl methyl sites for hydroxylation is 1. The van der Waals surface area contributed by atoms with Crippen LogP contribution in [-0.2, 0) is 0 Å². The molecule has 0 radical (unpaired) electrons. The number of hydrogen-bond donors (Lipinski definition) is 2. The Morgan fingerprint density at radius 2 is 2.00 bits per heavy atom. The molecule has 2 aromatic rings. The third-order valence-corrected chi connectivity index (χ3v) is 3.20. The van der Waals surface area contributed by atoms with Gasteiger partial charge in [0.05, 0.1) is 5.56 Å².